The van der Waals surface area contributed by atoms with Crippen molar-refractivity contribution in [1.82, 2.24) is 30.8 Å². The van der Waals surface area contributed by atoms with Crippen LogP contribution in [0.5, 0.6) is 0 Å². The van der Waals surface area contributed by atoms with Crippen molar-refractivity contribution in [3.63, 3.8) is 0 Å². The van der Waals surface area contributed by atoms with Crippen molar-refractivity contribution in [3.05, 3.63) is 18.2 Å². The Balaban J connectivity index is 2.23. The van der Waals surface area contributed by atoms with Crippen LogP contribution in [-0.2, 0) is 35.2 Å². The van der Waals surface area contributed by atoms with Crippen molar-refractivity contribution in [1.29, 1.82) is 0 Å². The molecule has 17 heteroatoms. The summed E-state index contributed by atoms with van der Waals surface area (Å²) >= 11 is 0. The molecule has 4 atom stereocenters. The lowest BCUT2D eigenvalue weighted by molar-refractivity contribution is -0.143. The summed E-state index contributed by atoms with van der Waals surface area (Å²) in [5.41, 5.74) is 11.2. The van der Waals surface area contributed by atoms with E-state index in [4.69, 9.17) is 16.6 Å². The number of guanidine groups is 1. The van der Waals surface area contributed by atoms with Gasteiger partial charge in [-0.15, -0.1) is 0 Å². The molecule has 4 amide bonds. The molecular formula is C24H37N9O8. The van der Waals surface area contributed by atoms with E-state index in [1.807, 2.05) is 0 Å². The second kappa shape index (κ2) is 15.8. The topological polar surface area (TPSA) is 275 Å². The average molecular weight is 580 g/mol. The van der Waals surface area contributed by atoms with Gasteiger partial charge >= 0.3 is 11.9 Å². The normalized spacial score (nSPS) is 16.6. The highest BCUT2D eigenvalue weighted by atomic mass is 16.4. The molecule has 0 bridgehead atoms. The Hall–Kier alpha value is -4.70. The number of aliphatic imine (C=N–C) groups is 1. The number of carbonyl (C=O) groups is 6. The van der Waals surface area contributed by atoms with Crippen molar-refractivity contribution in [2.45, 2.75) is 76.0 Å². The number of rotatable bonds is 16. The minimum Gasteiger partial charge on any atom is -0.481 e. The average Bonchev–Trinajstić information content (AvgIpc) is 3.59. The van der Waals surface area contributed by atoms with Gasteiger partial charge in [-0.3, -0.25) is 29.0 Å². The summed E-state index contributed by atoms with van der Waals surface area (Å²) < 4.78 is 0. The molecule has 0 unspecified atom stereocenters. The number of hydrogen-bond acceptors (Lipinski definition) is 8. The zero-order valence-corrected chi connectivity index (χ0v) is 22.7. The van der Waals surface area contributed by atoms with Crippen LogP contribution in [0.2, 0.25) is 0 Å². The lowest BCUT2D eigenvalue weighted by atomic mass is 10.1. The second-order valence-corrected chi connectivity index (χ2v) is 9.55. The number of aromatic nitrogens is 2. The molecule has 17 nitrogen and oxygen atoms in total. The molecule has 1 saturated heterocycles. The number of H-pyrrole nitrogens is 1. The van der Waals surface area contributed by atoms with Gasteiger partial charge in [0, 0.05) is 44.7 Å². The Morgan fingerprint density at radius 3 is 2.34 bits per heavy atom. The molecule has 1 aromatic rings. The van der Waals surface area contributed by atoms with Gasteiger partial charge in [0.2, 0.25) is 23.6 Å². The van der Waals surface area contributed by atoms with Gasteiger partial charge in [0.05, 0.1) is 6.33 Å². The van der Waals surface area contributed by atoms with Crippen LogP contribution in [0, 0.1) is 0 Å². The van der Waals surface area contributed by atoms with Gasteiger partial charge in [-0.05, 0) is 32.1 Å². The van der Waals surface area contributed by atoms with E-state index < -0.39 is 60.2 Å². The third-order valence-electron chi connectivity index (χ3n) is 6.41. The molecule has 0 radical (unpaired) electrons. The van der Waals surface area contributed by atoms with Crippen LogP contribution in [0.1, 0.15) is 51.1 Å². The zero-order valence-electron chi connectivity index (χ0n) is 22.7. The molecule has 0 aliphatic carbocycles. The summed E-state index contributed by atoms with van der Waals surface area (Å²) in [6, 6.07) is -4.73. The van der Waals surface area contributed by atoms with E-state index in [-0.39, 0.29) is 44.1 Å². The fourth-order valence-electron chi connectivity index (χ4n) is 4.35. The van der Waals surface area contributed by atoms with Crippen molar-refractivity contribution in [3.8, 4) is 0 Å². The maximum absolute atomic E-state index is 13.4. The smallest absolute Gasteiger partial charge is 0.326 e. The number of aliphatic carboxylic acids is 2. The summed E-state index contributed by atoms with van der Waals surface area (Å²) in [5.74, 6) is -5.29. The SMILES string of the molecule is CC(=O)N1CCC[C@H]1C(=O)N[C@@H](Cc1cnc[nH]1)C(=O)N[C@@H](CCCN=C(N)N)C(=O)N[C@@H](CCC(=O)O)C(=O)O. The largest absolute Gasteiger partial charge is 0.481 e. The first-order valence-corrected chi connectivity index (χ1v) is 13.0. The summed E-state index contributed by atoms with van der Waals surface area (Å²) in [4.78, 5) is 86.1. The van der Waals surface area contributed by atoms with E-state index in [2.05, 4.69) is 30.9 Å². The number of amides is 4. The van der Waals surface area contributed by atoms with E-state index in [9.17, 15) is 33.9 Å². The molecule has 0 spiro atoms. The molecule has 0 saturated carbocycles. The zero-order chi connectivity index (χ0) is 30.5. The molecule has 2 rings (SSSR count). The maximum atomic E-state index is 13.4. The second-order valence-electron chi connectivity index (χ2n) is 9.55. The predicted octanol–water partition coefficient (Wildman–Crippen LogP) is -2.58. The third kappa shape index (κ3) is 10.8. The van der Waals surface area contributed by atoms with E-state index in [1.165, 1.54) is 24.3 Å². The van der Waals surface area contributed by atoms with Crippen LogP contribution in [0.3, 0.4) is 0 Å². The summed E-state index contributed by atoms with van der Waals surface area (Å²) in [7, 11) is 0. The van der Waals surface area contributed by atoms with Gasteiger partial charge in [0.1, 0.15) is 24.2 Å². The molecule has 41 heavy (non-hydrogen) atoms. The van der Waals surface area contributed by atoms with Crippen LogP contribution in [0.25, 0.3) is 0 Å². The van der Waals surface area contributed by atoms with Gasteiger partial charge in [-0.2, -0.15) is 0 Å². The molecule has 0 aromatic carbocycles. The lowest BCUT2D eigenvalue weighted by Crippen LogP contribution is -2.58. The number of nitrogens with one attached hydrogen (secondary N) is 4. The van der Waals surface area contributed by atoms with Gasteiger partial charge < -0.3 is 47.5 Å². The molecular weight excluding hydrogens is 542 g/mol. The fourth-order valence-corrected chi connectivity index (χ4v) is 4.35. The highest BCUT2D eigenvalue weighted by Gasteiger charge is 2.35. The predicted molar refractivity (Wildman–Crippen MR) is 143 cm³/mol. The van der Waals surface area contributed by atoms with Gasteiger partial charge in [-0.1, -0.05) is 0 Å². The molecule has 2 heterocycles. The first kappa shape index (κ1) is 32.5. The lowest BCUT2D eigenvalue weighted by Gasteiger charge is -2.27. The number of carboxylic acids is 2. The van der Waals surface area contributed by atoms with E-state index in [1.54, 1.807) is 0 Å². The van der Waals surface area contributed by atoms with Crippen molar-refractivity contribution >= 4 is 41.5 Å². The van der Waals surface area contributed by atoms with E-state index in [0.29, 0.717) is 25.1 Å². The Morgan fingerprint density at radius 2 is 1.76 bits per heavy atom. The Morgan fingerprint density at radius 1 is 1.07 bits per heavy atom. The number of likely N-dealkylation sites (tertiary alicyclic amines) is 1. The molecule has 1 aliphatic heterocycles. The first-order valence-electron chi connectivity index (χ1n) is 13.0. The maximum Gasteiger partial charge on any atom is 0.326 e. The Bertz CT molecular complexity index is 1120. The Kier molecular flexibility index (Phi) is 12.5. The fraction of sp³-hybridized carbons (Fsp3) is 0.583. The highest BCUT2D eigenvalue weighted by molar-refractivity contribution is 5.95. The number of carbonyl (C=O) groups excluding carboxylic acids is 4. The van der Waals surface area contributed by atoms with Crippen molar-refractivity contribution < 1.29 is 39.0 Å². The van der Waals surface area contributed by atoms with Crippen LogP contribution in [0.4, 0.5) is 0 Å². The number of imidazole rings is 1. The summed E-state index contributed by atoms with van der Waals surface area (Å²) in [6.45, 7) is 1.88. The number of carboxylic acid groups (broad SMARTS) is 2. The number of aromatic amines is 1. The van der Waals surface area contributed by atoms with E-state index in [0.717, 1.165) is 0 Å². The molecule has 1 aliphatic rings. The van der Waals surface area contributed by atoms with Gasteiger partial charge in [0.15, 0.2) is 5.96 Å². The van der Waals surface area contributed by atoms with Crippen LogP contribution in [-0.4, -0.2) is 104 Å². The number of hydrogen-bond donors (Lipinski definition) is 8. The van der Waals surface area contributed by atoms with Crippen LogP contribution in [0.15, 0.2) is 17.5 Å². The number of nitrogens with two attached hydrogens (primary N) is 2. The quantitative estimate of drug-likeness (QED) is 0.0572. The van der Waals surface area contributed by atoms with E-state index >= 15 is 0 Å². The van der Waals surface area contributed by atoms with Crippen molar-refractivity contribution in [2.24, 2.45) is 16.5 Å². The molecule has 226 valence electrons. The molecule has 10 N–H and O–H groups in total. The molecule has 1 aromatic heterocycles. The minimum atomic E-state index is -1.52. The van der Waals surface area contributed by atoms with Gasteiger partial charge in [0.25, 0.3) is 0 Å². The standard InChI is InChI=1S/C24H37N9O8/c1-13(34)33-9-3-5-18(33)22(39)32-17(10-14-11-27-12-29-14)21(38)30-15(4-2-8-28-24(25)26)20(37)31-16(23(40)41)6-7-19(35)36/h11-12,15-18H,2-10H2,1H3,(H,27,29)(H,30,38)(H,31,37)(H,32,39)(H,35,36)(H,40,41)(H4,25,26,28)/t15-,16-,17-,18-/m0/s1. The third-order valence-corrected chi connectivity index (χ3v) is 6.41. The monoisotopic (exact) mass is 579 g/mol. The number of nitrogens with zero attached hydrogens (tertiary/aromatic N) is 3. The summed E-state index contributed by atoms with van der Waals surface area (Å²) in [5, 5.41) is 25.8. The van der Waals surface area contributed by atoms with Crippen LogP contribution < -0.4 is 27.4 Å². The summed E-state index contributed by atoms with van der Waals surface area (Å²) in [6.07, 6.45) is 3.21. The minimum absolute atomic E-state index is 0.00884. The molecule has 1 fully saturated rings. The van der Waals surface area contributed by atoms with Crippen molar-refractivity contribution in [2.75, 3.05) is 13.1 Å². The Labute approximate surface area is 235 Å². The first-order chi connectivity index (χ1) is 19.4. The van der Waals surface area contributed by atoms with Gasteiger partial charge in [-0.25, -0.2) is 9.78 Å². The van der Waals surface area contributed by atoms with Crippen LogP contribution >= 0.6 is 0 Å². The highest BCUT2D eigenvalue weighted by Crippen LogP contribution is 2.18.